The van der Waals surface area contributed by atoms with E-state index < -0.39 is 0 Å². The summed E-state index contributed by atoms with van der Waals surface area (Å²) in [5.41, 5.74) is 0. The molecule has 0 unspecified atom stereocenters. The molecule has 3 fully saturated rings. The molecule has 0 aliphatic carbocycles. The van der Waals surface area contributed by atoms with Crippen LogP contribution in [0.25, 0.3) is 0 Å². The molecule has 0 spiro atoms. The molecule has 26 heavy (non-hydrogen) atoms. The zero-order valence-electron chi connectivity index (χ0n) is 16.3. The Morgan fingerprint density at radius 1 is 0.462 bits per heavy atom. The molecule has 0 aromatic heterocycles. The molecule has 0 N–H and O–H groups in total. The fourth-order valence-electron chi connectivity index (χ4n) is 4.33. The van der Waals surface area contributed by atoms with Crippen molar-refractivity contribution >= 4 is 11.8 Å². The number of hydrogen-bond donors (Lipinski definition) is 0. The van der Waals surface area contributed by atoms with Crippen LogP contribution < -0.4 is 0 Å². The number of likely N-dealkylation sites (tertiary alicyclic amines) is 2. The molecule has 3 aliphatic heterocycles. The Morgan fingerprint density at radius 2 is 0.769 bits per heavy atom. The van der Waals surface area contributed by atoms with Crippen molar-refractivity contribution in [2.45, 2.75) is 51.4 Å². The molecule has 0 aromatic carbocycles. The second kappa shape index (κ2) is 10.3. The first kappa shape index (κ1) is 19.6. The predicted octanol–water partition coefficient (Wildman–Crippen LogP) is 1.41. The van der Waals surface area contributed by atoms with Crippen LogP contribution in [0.4, 0.5) is 0 Å². The first-order valence-corrected chi connectivity index (χ1v) is 10.7. The third kappa shape index (κ3) is 5.95. The van der Waals surface area contributed by atoms with Crippen molar-refractivity contribution in [3.8, 4) is 0 Å². The first-order chi connectivity index (χ1) is 12.7. The number of carbonyl (C=O) groups is 2. The maximum atomic E-state index is 12.6. The lowest BCUT2D eigenvalue weighted by molar-refractivity contribution is -0.135. The standard InChI is InChI=1S/C20H36N4O2/c25-19(23-9-5-2-1-3-6-10-23)17-21-13-15-22(16-14-21)18-20(26)24-11-7-4-8-12-24/h1-18H2. The number of amides is 2. The minimum Gasteiger partial charge on any atom is -0.342 e. The van der Waals surface area contributed by atoms with E-state index in [2.05, 4.69) is 14.7 Å². The first-order valence-electron chi connectivity index (χ1n) is 10.7. The largest absolute Gasteiger partial charge is 0.342 e. The van der Waals surface area contributed by atoms with Crippen molar-refractivity contribution in [1.82, 2.24) is 19.6 Å². The van der Waals surface area contributed by atoms with Gasteiger partial charge in [-0.05, 0) is 32.1 Å². The Hall–Kier alpha value is -1.14. The maximum absolute atomic E-state index is 12.6. The second-order valence-electron chi connectivity index (χ2n) is 8.14. The van der Waals surface area contributed by atoms with Crippen molar-refractivity contribution in [3.05, 3.63) is 0 Å². The van der Waals surface area contributed by atoms with Crippen LogP contribution in [-0.2, 0) is 9.59 Å². The molecule has 0 bridgehead atoms. The van der Waals surface area contributed by atoms with Gasteiger partial charge in [0.1, 0.15) is 0 Å². The average Bonchev–Trinajstić information content (AvgIpc) is 2.63. The van der Waals surface area contributed by atoms with Crippen molar-refractivity contribution < 1.29 is 9.59 Å². The van der Waals surface area contributed by atoms with Gasteiger partial charge in [0.05, 0.1) is 13.1 Å². The van der Waals surface area contributed by atoms with Crippen molar-refractivity contribution in [2.75, 3.05) is 65.4 Å². The van der Waals surface area contributed by atoms with E-state index in [4.69, 9.17) is 0 Å². The van der Waals surface area contributed by atoms with Crippen LogP contribution in [0.15, 0.2) is 0 Å². The molecular weight excluding hydrogens is 328 g/mol. The molecule has 0 saturated carbocycles. The van der Waals surface area contributed by atoms with E-state index >= 15 is 0 Å². The molecule has 148 valence electrons. The van der Waals surface area contributed by atoms with Crippen LogP contribution in [-0.4, -0.2) is 96.9 Å². The summed E-state index contributed by atoms with van der Waals surface area (Å²) in [5.74, 6) is 0.583. The molecule has 0 aromatic rings. The van der Waals surface area contributed by atoms with Gasteiger partial charge >= 0.3 is 0 Å². The van der Waals surface area contributed by atoms with Gasteiger partial charge in [0.15, 0.2) is 0 Å². The number of carbonyl (C=O) groups excluding carboxylic acids is 2. The van der Waals surface area contributed by atoms with E-state index in [-0.39, 0.29) is 5.91 Å². The van der Waals surface area contributed by atoms with Crippen LogP contribution in [0.1, 0.15) is 51.4 Å². The minimum atomic E-state index is 0.287. The zero-order valence-corrected chi connectivity index (χ0v) is 16.3. The minimum absolute atomic E-state index is 0.287. The predicted molar refractivity (Wildman–Crippen MR) is 103 cm³/mol. The molecule has 3 rings (SSSR count). The van der Waals surface area contributed by atoms with Gasteiger partial charge < -0.3 is 9.80 Å². The number of nitrogens with zero attached hydrogens (tertiary/aromatic N) is 4. The summed E-state index contributed by atoms with van der Waals surface area (Å²) in [6.45, 7) is 8.42. The van der Waals surface area contributed by atoms with Crippen molar-refractivity contribution in [3.63, 3.8) is 0 Å². The maximum Gasteiger partial charge on any atom is 0.236 e. The summed E-state index contributed by atoms with van der Waals surface area (Å²) in [4.78, 5) is 33.6. The molecule has 3 aliphatic rings. The highest BCUT2D eigenvalue weighted by Crippen LogP contribution is 2.12. The number of piperidine rings is 1. The smallest absolute Gasteiger partial charge is 0.236 e. The Balaban J connectivity index is 1.36. The molecule has 2 amide bonds. The molecule has 6 nitrogen and oxygen atoms in total. The Kier molecular flexibility index (Phi) is 7.74. The lowest BCUT2D eigenvalue weighted by Crippen LogP contribution is -2.52. The quantitative estimate of drug-likeness (QED) is 0.757. The fourth-order valence-corrected chi connectivity index (χ4v) is 4.33. The molecular formula is C20H36N4O2. The van der Waals surface area contributed by atoms with Crippen LogP contribution in [0.5, 0.6) is 0 Å². The van der Waals surface area contributed by atoms with Crippen molar-refractivity contribution in [1.29, 1.82) is 0 Å². The van der Waals surface area contributed by atoms with E-state index in [1.165, 1.54) is 25.7 Å². The van der Waals surface area contributed by atoms with Crippen LogP contribution in [0.2, 0.25) is 0 Å². The lowest BCUT2D eigenvalue weighted by atomic mass is 10.1. The van der Waals surface area contributed by atoms with Crippen molar-refractivity contribution in [2.24, 2.45) is 0 Å². The molecule has 0 radical (unpaired) electrons. The molecule has 0 atom stereocenters. The van der Waals surface area contributed by atoms with Crippen LogP contribution in [0.3, 0.4) is 0 Å². The van der Waals surface area contributed by atoms with E-state index in [9.17, 15) is 9.59 Å². The third-order valence-electron chi connectivity index (χ3n) is 6.10. The van der Waals surface area contributed by atoms with E-state index in [1.54, 1.807) is 0 Å². The van der Waals surface area contributed by atoms with E-state index in [0.717, 1.165) is 78.0 Å². The molecule has 3 saturated heterocycles. The highest BCUT2D eigenvalue weighted by molar-refractivity contribution is 5.79. The summed E-state index contributed by atoms with van der Waals surface area (Å²) in [5, 5.41) is 0. The summed E-state index contributed by atoms with van der Waals surface area (Å²) >= 11 is 0. The number of rotatable bonds is 4. The third-order valence-corrected chi connectivity index (χ3v) is 6.10. The average molecular weight is 365 g/mol. The van der Waals surface area contributed by atoms with Gasteiger partial charge in [-0.1, -0.05) is 19.3 Å². The summed E-state index contributed by atoms with van der Waals surface area (Å²) in [6.07, 6.45) is 9.70. The van der Waals surface area contributed by atoms with E-state index in [0.29, 0.717) is 19.0 Å². The normalized spacial score (nSPS) is 24.2. The van der Waals surface area contributed by atoms with Gasteiger partial charge in [-0.15, -0.1) is 0 Å². The zero-order chi connectivity index (χ0) is 18.2. The monoisotopic (exact) mass is 364 g/mol. The van der Waals surface area contributed by atoms with Gasteiger partial charge in [-0.25, -0.2) is 0 Å². The van der Waals surface area contributed by atoms with Gasteiger partial charge in [0.2, 0.25) is 11.8 Å². The van der Waals surface area contributed by atoms with Gasteiger partial charge in [0, 0.05) is 52.4 Å². The van der Waals surface area contributed by atoms with Crippen LogP contribution >= 0.6 is 0 Å². The fraction of sp³-hybridized carbons (Fsp3) is 0.900. The van der Waals surface area contributed by atoms with Gasteiger partial charge in [-0.2, -0.15) is 0 Å². The Bertz CT molecular complexity index is 449. The topological polar surface area (TPSA) is 47.1 Å². The Labute approximate surface area is 158 Å². The lowest BCUT2D eigenvalue weighted by Gasteiger charge is -2.36. The Morgan fingerprint density at radius 3 is 1.15 bits per heavy atom. The number of hydrogen-bond acceptors (Lipinski definition) is 4. The summed E-state index contributed by atoms with van der Waals surface area (Å²) in [7, 11) is 0. The molecule has 3 heterocycles. The molecule has 6 heteroatoms. The van der Waals surface area contributed by atoms with Gasteiger partial charge in [0.25, 0.3) is 0 Å². The van der Waals surface area contributed by atoms with E-state index in [1.807, 2.05) is 4.90 Å². The summed E-state index contributed by atoms with van der Waals surface area (Å²) < 4.78 is 0. The van der Waals surface area contributed by atoms with Gasteiger partial charge in [-0.3, -0.25) is 19.4 Å². The van der Waals surface area contributed by atoms with Crippen LogP contribution in [0, 0.1) is 0 Å². The SMILES string of the molecule is O=C(CN1CCN(CC(=O)N2CCCCC2)CC1)N1CCCCCCC1. The highest BCUT2D eigenvalue weighted by Gasteiger charge is 2.25. The number of piperazine rings is 1. The highest BCUT2D eigenvalue weighted by atomic mass is 16.2. The summed E-state index contributed by atoms with van der Waals surface area (Å²) in [6, 6.07) is 0. The second-order valence-corrected chi connectivity index (χ2v) is 8.14.